The molecule has 1 amide bonds. The number of likely N-dealkylation sites (N-methyl/N-ethyl adjacent to an activating group) is 1. The van der Waals surface area contributed by atoms with Gasteiger partial charge in [-0.05, 0) is 64.5 Å². The molecule has 0 spiro atoms. The van der Waals surface area contributed by atoms with Crippen molar-refractivity contribution in [3.05, 3.63) is 36.3 Å². The van der Waals surface area contributed by atoms with Crippen molar-refractivity contribution in [2.24, 2.45) is 5.92 Å². The molecule has 7 nitrogen and oxygen atoms in total. The van der Waals surface area contributed by atoms with Crippen LogP contribution in [0.2, 0.25) is 0 Å². The summed E-state index contributed by atoms with van der Waals surface area (Å²) in [6, 6.07) is 8.02. The first-order valence-corrected chi connectivity index (χ1v) is 12.0. The third kappa shape index (κ3) is 4.48. The van der Waals surface area contributed by atoms with Gasteiger partial charge in [-0.25, -0.2) is 4.98 Å². The fraction of sp³-hybridized carbons (Fsp3) is 0.600. The van der Waals surface area contributed by atoms with E-state index in [1.54, 1.807) is 0 Å². The smallest absolute Gasteiger partial charge is 0.399 e. The number of likely N-dealkylation sites (tertiary alicyclic amines) is 1. The number of hydrogen-bond donors (Lipinski definition) is 2. The Kier molecular flexibility index (Phi) is 6.46. The summed E-state index contributed by atoms with van der Waals surface area (Å²) in [6.45, 7) is 13.2. The van der Waals surface area contributed by atoms with Crippen LogP contribution in [0.25, 0.3) is 11.3 Å². The second-order valence-electron chi connectivity index (χ2n) is 10.6. The molecule has 0 aliphatic carbocycles. The number of amides is 1. The molecule has 33 heavy (non-hydrogen) atoms. The molecule has 2 fully saturated rings. The zero-order valence-electron chi connectivity index (χ0n) is 20.9. The lowest BCUT2D eigenvalue weighted by Crippen LogP contribution is -2.47. The largest absolute Gasteiger partial charge is 0.494 e. The Balaban J connectivity index is 1.49. The summed E-state index contributed by atoms with van der Waals surface area (Å²) in [7, 11) is 1.48. The minimum atomic E-state index is -0.375. The van der Waals surface area contributed by atoms with Crippen LogP contribution in [-0.2, 0) is 14.1 Å². The molecule has 0 radical (unpaired) electrons. The van der Waals surface area contributed by atoms with E-state index in [0.717, 1.165) is 41.9 Å². The number of aromatic amines is 1. The average Bonchev–Trinajstić information content (AvgIpc) is 3.46. The van der Waals surface area contributed by atoms with Crippen molar-refractivity contribution in [1.29, 1.82) is 0 Å². The number of hydrogen-bond acceptors (Lipinski definition) is 5. The number of carbonyl (C=O) groups is 1. The normalized spacial score (nSPS) is 22.8. The molecule has 3 heterocycles. The van der Waals surface area contributed by atoms with Gasteiger partial charge in [0.2, 0.25) is 5.91 Å². The van der Waals surface area contributed by atoms with Crippen molar-refractivity contribution in [3.63, 3.8) is 0 Å². The minimum absolute atomic E-state index is 0.00938. The first kappa shape index (κ1) is 24.0. The second-order valence-corrected chi connectivity index (χ2v) is 10.6. The van der Waals surface area contributed by atoms with Crippen molar-refractivity contribution in [2.75, 3.05) is 13.6 Å². The van der Waals surface area contributed by atoms with Gasteiger partial charge < -0.3 is 24.5 Å². The Bertz CT molecular complexity index is 970. The van der Waals surface area contributed by atoms with Crippen molar-refractivity contribution in [3.8, 4) is 11.3 Å². The molecule has 1 aromatic carbocycles. The van der Waals surface area contributed by atoms with Gasteiger partial charge >= 0.3 is 7.12 Å². The SMILES string of the molecule is CNC(C(=O)N1CCCC1c1ncc(-c2ccc(B3OC(C)(C)C(C)(C)O3)cc2)[nH]1)C(C)C. The van der Waals surface area contributed by atoms with E-state index in [-0.39, 0.29) is 42.2 Å². The Morgan fingerprint density at radius 3 is 2.39 bits per heavy atom. The molecular formula is C25H37BN4O3. The van der Waals surface area contributed by atoms with Crippen LogP contribution in [0.1, 0.15) is 66.3 Å². The summed E-state index contributed by atoms with van der Waals surface area (Å²) in [5.41, 5.74) is 2.26. The van der Waals surface area contributed by atoms with E-state index in [1.807, 2.05) is 30.3 Å². The molecule has 8 heteroatoms. The molecule has 2 aromatic rings. The molecule has 0 bridgehead atoms. The number of rotatable bonds is 6. The molecule has 0 saturated carbocycles. The Labute approximate surface area is 197 Å². The predicted molar refractivity (Wildman–Crippen MR) is 131 cm³/mol. The zero-order chi connectivity index (χ0) is 24.0. The minimum Gasteiger partial charge on any atom is -0.399 e. The summed E-state index contributed by atoms with van der Waals surface area (Å²) in [5, 5.41) is 3.18. The van der Waals surface area contributed by atoms with Crippen LogP contribution in [0.15, 0.2) is 30.5 Å². The number of imidazole rings is 1. The lowest BCUT2D eigenvalue weighted by atomic mass is 9.79. The van der Waals surface area contributed by atoms with E-state index in [9.17, 15) is 4.79 Å². The van der Waals surface area contributed by atoms with Crippen molar-refractivity contribution in [1.82, 2.24) is 20.2 Å². The Morgan fingerprint density at radius 2 is 1.82 bits per heavy atom. The van der Waals surface area contributed by atoms with Gasteiger partial charge in [0.15, 0.2) is 0 Å². The molecule has 2 atom stereocenters. The fourth-order valence-electron chi connectivity index (χ4n) is 4.69. The van der Waals surface area contributed by atoms with Crippen LogP contribution in [-0.4, -0.2) is 58.7 Å². The third-order valence-electron chi connectivity index (χ3n) is 7.44. The number of aromatic nitrogens is 2. The maximum atomic E-state index is 13.1. The first-order valence-electron chi connectivity index (χ1n) is 12.0. The molecule has 178 valence electrons. The van der Waals surface area contributed by atoms with Gasteiger partial charge in [-0.15, -0.1) is 0 Å². The van der Waals surface area contributed by atoms with Crippen molar-refractivity contribution in [2.45, 2.75) is 77.7 Å². The maximum Gasteiger partial charge on any atom is 0.494 e. The second kappa shape index (κ2) is 8.89. The Hall–Kier alpha value is -2.16. The molecular weight excluding hydrogens is 415 g/mol. The van der Waals surface area contributed by atoms with E-state index in [4.69, 9.17) is 9.31 Å². The van der Waals surface area contributed by atoms with Crippen LogP contribution in [0.5, 0.6) is 0 Å². The van der Waals surface area contributed by atoms with Crippen LogP contribution >= 0.6 is 0 Å². The van der Waals surface area contributed by atoms with Crippen LogP contribution in [0, 0.1) is 5.92 Å². The topological polar surface area (TPSA) is 79.5 Å². The summed E-state index contributed by atoms with van der Waals surface area (Å²) in [5.74, 6) is 1.24. The number of nitrogens with one attached hydrogen (secondary N) is 2. The highest BCUT2D eigenvalue weighted by molar-refractivity contribution is 6.62. The standard InChI is InChI=1S/C25H37BN4O3/c1-16(2)21(27-7)23(31)30-14-8-9-20(30)22-28-15-19(29-22)17-10-12-18(13-11-17)26-32-24(3,4)25(5,6)33-26/h10-13,15-16,20-21,27H,8-9,14H2,1-7H3,(H,28,29). The fourth-order valence-corrected chi connectivity index (χ4v) is 4.69. The highest BCUT2D eigenvalue weighted by Crippen LogP contribution is 2.37. The Morgan fingerprint density at radius 1 is 1.18 bits per heavy atom. The van der Waals surface area contributed by atoms with E-state index in [2.05, 4.69) is 69.0 Å². The highest BCUT2D eigenvalue weighted by atomic mass is 16.7. The van der Waals surface area contributed by atoms with Crippen LogP contribution < -0.4 is 10.8 Å². The van der Waals surface area contributed by atoms with E-state index in [0.29, 0.717) is 0 Å². The zero-order valence-corrected chi connectivity index (χ0v) is 20.9. The highest BCUT2D eigenvalue weighted by Gasteiger charge is 2.51. The van der Waals surface area contributed by atoms with Gasteiger partial charge in [-0.1, -0.05) is 38.1 Å². The first-order chi connectivity index (χ1) is 15.5. The summed E-state index contributed by atoms with van der Waals surface area (Å²) in [6.07, 6.45) is 3.77. The molecule has 2 aliphatic heterocycles. The summed E-state index contributed by atoms with van der Waals surface area (Å²) < 4.78 is 12.3. The van der Waals surface area contributed by atoms with Gasteiger partial charge in [-0.2, -0.15) is 0 Å². The summed E-state index contributed by atoms with van der Waals surface area (Å²) >= 11 is 0. The summed E-state index contributed by atoms with van der Waals surface area (Å²) in [4.78, 5) is 23.2. The van der Waals surface area contributed by atoms with Crippen LogP contribution in [0.3, 0.4) is 0 Å². The average molecular weight is 452 g/mol. The predicted octanol–water partition coefficient (Wildman–Crippen LogP) is 3.28. The lowest BCUT2D eigenvalue weighted by Gasteiger charge is -2.32. The van der Waals surface area contributed by atoms with Gasteiger partial charge in [0, 0.05) is 6.54 Å². The molecule has 2 N–H and O–H groups in total. The lowest BCUT2D eigenvalue weighted by molar-refractivity contribution is -0.135. The quantitative estimate of drug-likeness (QED) is 0.658. The third-order valence-corrected chi connectivity index (χ3v) is 7.44. The van der Waals surface area contributed by atoms with Gasteiger partial charge in [0.1, 0.15) is 5.82 Å². The van der Waals surface area contributed by atoms with E-state index >= 15 is 0 Å². The molecule has 2 aliphatic rings. The number of H-pyrrole nitrogens is 1. The molecule has 1 aromatic heterocycles. The number of nitrogens with zero attached hydrogens (tertiary/aromatic N) is 2. The molecule has 2 unspecified atom stereocenters. The monoisotopic (exact) mass is 452 g/mol. The number of carbonyl (C=O) groups excluding carboxylic acids is 1. The maximum absolute atomic E-state index is 13.1. The van der Waals surface area contributed by atoms with Crippen molar-refractivity contribution >= 4 is 18.5 Å². The van der Waals surface area contributed by atoms with E-state index < -0.39 is 0 Å². The van der Waals surface area contributed by atoms with Crippen LogP contribution in [0.4, 0.5) is 0 Å². The van der Waals surface area contributed by atoms with E-state index in [1.165, 1.54) is 0 Å². The molecule has 4 rings (SSSR count). The molecule has 2 saturated heterocycles. The van der Waals surface area contributed by atoms with Gasteiger partial charge in [-0.3, -0.25) is 4.79 Å². The number of benzene rings is 1. The van der Waals surface area contributed by atoms with Gasteiger partial charge in [0.25, 0.3) is 0 Å². The van der Waals surface area contributed by atoms with Crippen molar-refractivity contribution < 1.29 is 14.1 Å². The van der Waals surface area contributed by atoms with Gasteiger partial charge in [0.05, 0.1) is 35.2 Å².